The Morgan fingerprint density at radius 1 is 0.864 bits per heavy atom. The van der Waals surface area contributed by atoms with E-state index in [1.54, 1.807) is 0 Å². The summed E-state index contributed by atoms with van der Waals surface area (Å²) >= 11 is 0. The van der Waals surface area contributed by atoms with Gasteiger partial charge in [0.2, 0.25) is 6.41 Å². The second-order valence-corrected chi connectivity index (χ2v) is 6.80. The van der Waals surface area contributed by atoms with Gasteiger partial charge in [0.25, 0.3) is 0 Å². The average molecular weight is 300 g/mol. The van der Waals surface area contributed by atoms with Crippen molar-refractivity contribution >= 4 is 6.41 Å². The zero-order valence-electron chi connectivity index (χ0n) is 13.5. The molecule has 4 rings (SSSR count). The number of amides is 1. The highest BCUT2D eigenvalue weighted by atomic mass is 16.1. The normalized spacial score (nSPS) is 23.0. The smallest absolute Gasteiger partial charge is 0.209 e. The molecule has 1 aliphatic heterocycles. The molecule has 1 saturated heterocycles. The van der Waals surface area contributed by atoms with Gasteiger partial charge in [0.1, 0.15) is 0 Å². The first-order chi connectivity index (χ1) is 10.9. The van der Waals surface area contributed by atoms with E-state index in [9.17, 15) is 4.79 Å². The van der Waals surface area contributed by atoms with Crippen LogP contribution in [-0.4, -0.2) is 48.4 Å². The lowest BCUT2D eigenvalue weighted by Crippen LogP contribution is -2.49. The topological polar surface area (TPSA) is 23.6 Å². The predicted molar refractivity (Wildman–Crippen MR) is 89.9 cm³/mol. The van der Waals surface area contributed by atoms with Crippen molar-refractivity contribution in [1.82, 2.24) is 9.80 Å². The van der Waals surface area contributed by atoms with E-state index in [0.29, 0.717) is 0 Å². The molecule has 0 bridgehead atoms. The molecule has 2 aliphatic carbocycles. The van der Waals surface area contributed by atoms with Crippen LogP contribution in [0.5, 0.6) is 0 Å². The molecular formula is C19H28N2O. The van der Waals surface area contributed by atoms with E-state index in [0.717, 1.165) is 44.5 Å². The molecule has 3 fully saturated rings. The molecule has 22 heavy (non-hydrogen) atoms. The van der Waals surface area contributed by atoms with Crippen molar-refractivity contribution in [2.24, 2.45) is 0 Å². The van der Waals surface area contributed by atoms with Gasteiger partial charge in [0, 0.05) is 32.2 Å². The number of benzene rings is 1. The minimum absolute atomic E-state index is 0.828. The Morgan fingerprint density at radius 2 is 1.50 bits per heavy atom. The van der Waals surface area contributed by atoms with Crippen molar-refractivity contribution in [2.75, 3.05) is 26.2 Å². The van der Waals surface area contributed by atoms with Gasteiger partial charge in [-0.05, 0) is 37.2 Å². The molecule has 3 heteroatoms. The first-order valence-electron chi connectivity index (χ1n) is 8.85. The molecule has 2 saturated carbocycles. The molecule has 1 heterocycles. The van der Waals surface area contributed by atoms with Crippen molar-refractivity contribution in [1.29, 1.82) is 0 Å². The van der Waals surface area contributed by atoms with Crippen LogP contribution in [-0.2, 0) is 4.79 Å². The first kappa shape index (κ1) is 15.5. The van der Waals surface area contributed by atoms with Crippen LogP contribution in [0.4, 0.5) is 0 Å². The molecule has 120 valence electrons. The van der Waals surface area contributed by atoms with E-state index in [1.165, 1.54) is 44.1 Å². The Hall–Kier alpha value is -1.35. The zero-order chi connectivity index (χ0) is 15.2. The Labute approximate surface area is 134 Å². The largest absolute Gasteiger partial charge is 0.343 e. The Bertz CT molecular complexity index is 444. The van der Waals surface area contributed by atoms with Crippen LogP contribution in [0.15, 0.2) is 30.3 Å². The monoisotopic (exact) mass is 300 g/mol. The van der Waals surface area contributed by atoms with Crippen molar-refractivity contribution in [2.45, 2.75) is 50.5 Å². The summed E-state index contributed by atoms with van der Waals surface area (Å²) in [6.07, 6.45) is 9.35. The Kier molecular flexibility index (Phi) is 5.49. The molecule has 0 spiro atoms. The summed E-state index contributed by atoms with van der Waals surface area (Å²) in [6, 6.07) is 11.6. The fourth-order valence-electron chi connectivity index (χ4n) is 3.62. The predicted octanol–water partition coefficient (Wildman–Crippen LogP) is 3.27. The third-order valence-corrected chi connectivity index (χ3v) is 5.19. The van der Waals surface area contributed by atoms with Crippen molar-refractivity contribution in [3.8, 4) is 0 Å². The van der Waals surface area contributed by atoms with Gasteiger partial charge in [0.05, 0.1) is 0 Å². The maximum atomic E-state index is 10.5. The molecule has 1 amide bonds. The highest BCUT2D eigenvalue weighted by Crippen LogP contribution is 2.39. The van der Waals surface area contributed by atoms with Gasteiger partial charge in [0.15, 0.2) is 0 Å². The number of carbonyl (C=O) groups excluding carboxylic acids is 1. The summed E-state index contributed by atoms with van der Waals surface area (Å²) in [7, 11) is 0. The van der Waals surface area contributed by atoms with Crippen molar-refractivity contribution in [3.05, 3.63) is 35.9 Å². The van der Waals surface area contributed by atoms with Crippen LogP contribution >= 0.6 is 0 Å². The Balaban J connectivity index is 0.000000139. The van der Waals surface area contributed by atoms with Crippen LogP contribution in [0.3, 0.4) is 0 Å². The number of nitrogens with zero attached hydrogens (tertiary/aromatic N) is 2. The molecule has 1 aromatic carbocycles. The molecule has 0 radical (unpaired) electrons. The van der Waals surface area contributed by atoms with E-state index < -0.39 is 0 Å². The van der Waals surface area contributed by atoms with Crippen LogP contribution in [0, 0.1) is 0 Å². The van der Waals surface area contributed by atoms with Crippen LogP contribution < -0.4 is 0 Å². The molecule has 3 aliphatic rings. The van der Waals surface area contributed by atoms with E-state index in [-0.39, 0.29) is 0 Å². The van der Waals surface area contributed by atoms with Gasteiger partial charge >= 0.3 is 0 Å². The third kappa shape index (κ3) is 4.33. The van der Waals surface area contributed by atoms with Crippen LogP contribution in [0.1, 0.15) is 50.0 Å². The minimum Gasteiger partial charge on any atom is -0.343 e. The maximum absolute atomic E-state index is 10.5. The zero-order valence-corrected chi connectivity index (χ0v) is 13.5. The molecular weight excluding hydrogens is 272 g/mol. The summed E-state index contributed by atoms with van der Waals surface area (Å²) in [4.78, 5) is 14.9. The Morgan fingerprint density at radius 3 is 2.05 bits per heavy atom. The summed E-state index contributed by atoms with van der Waals surface area (Å²) in [6.45, 7) is 4.03. The second kappa shape index (κ2) is 7.77. The first-order valence-corrected chi connectivity index (χ1v) is 8.85. The number of carbonyl (C=O) groups is 1. The summed E-state index contributed by atoms with van der Waals surface area (Å²) in [5.41, 5.74) is 1.53. The summed E-state index contributed by atoms with van der Waals surface area (Å²) in [5.74, 6) is 0.909. The van der Waals surface area contributed by atoms with Crippen molar-refractivity contribution in [3.63, 3.8) is 0 Å². The standard InChI is InChI=1S/C10H18N2O.C9H10/c13-9-11-5-7-12(8-6-11)10-3-1-2-4-10;1-2-4-8(5-3-1)9-6-7-9/h9-10H,1-8H2;1-5,9H,6-7H2. The van der Waals surface area contributed by atoms with Gasteiger partial charge in [-0.2, -0.15) is 0 Å². The quantitative estimate of drug-likeness (QED) is 0.800. The molecule has 1 aromatic rings. The second-order valence-electron chi connectivity index (χ2n) is 6.80. The molecule has 0 aromatic heterocycles. The number of hydrogen-bond donors (Lipinski definition) is 0. The highest BCUT2D eigenvalue weighted by molar-refractivity contribution is 5.47. The molecule has 0 unspecified atom stereocenters. The van der Waals surface area contributed by atoms with Gasteiger partial charge in [-0.15, -0.1) is 0 Å². The average Bonchev–Trinajstić information content (AvgIpc) is 3.31. The maximum Gasteiger partial charge on any atom is 0.209 e. The highest BCUT2D eigenvalue weighted by Gasteiger charge is 2.25. The summed E-state index contributed by atoms with van der Waals surface area (Å²) < 4.78 is 0. The number of rotatable bonds is 3. The van der Waals surface area contributed by atoms with Gasteiger partial charge in [-0.25, -0.2) is 0 Å². The van der Waals surface area contributed by atoms with Gasteiger partial charge < -0.3 is 4.90 Å². The van der Waals surface area contributed by atoms with E-state index in [4.69, 9.17) is 0 Å². The molecule has 0 atom stereocenters. The van der Waals surface area contributed by atoms with Gasteiger partial charge in [-0.1, -0.05) is 43.2 Å². The lowest BCUT2D eigenvalue weighted by atomic mass is 10.1. The molecule has 0 N–H and O–H groups in total. The van der Waals surface area contributed by atoms with E-state index in [2.05, 4.69) is 35.2 Å². The lowest BCUT2D eigenvalue weighted by molar-refractivity contribution is -0.120. The minimum atomic E-state index is 0.828. The van der Waals surface area contributed by atoms with Crippen molar-refractivity contribution < 1.29 is 4.79 Å². The van der Waals surface area contributed by atoms with E-state index in [1.807, 2.05) is 4.90 Å². The SMILES string of the molecule is O=CN1CCN(C2CCCC2)CC1.c1ccc(C2CC2)cc1. The fraction of sp³-hybridized carbons (Fsp3) is 0.632. The number of piperazine rings is 1. The molecule has 3 nitrogen and oxygen atoms in total. The van der Waals surface area contributed by atoms with Crippen LogP contribution in [0.25, 0.3) is 0 Å². The third-order valence-electron chi connectivity index (χ3n) is 5.19. The van der Waals surface area contributed by atoms with Gasteiger partial charge in [-0.3, -0.25) is 9.69 Å². The van der Waals surface area contributed by atoms with Crippen LogP contribution in [0.2, 0.25) is 0 Å². The van der Waals surface area contributed by atoms with E-state index >= 15 is 0 Å². The lowest BCUT2D eigenvalue weighted by Gasteiger charge is -2.36. The fourth-order valence-corrected chi connectivity index (χ4v) is 3.62. The number of hydrogen-bond acceptors (Lipinski definition) is 2. The summed E-state index contributed by atoms with van der Waals surface area (Å²) in [5, 5.41) is 0.